The molecule has 98 valence electrons. The van der Waals surface area contributed by atoms with Crippen LogP contribution in [0.2, 0.25) is 0 Å². The van der Waals surface area contributed by atoms with Gasteiger partial charge in [0.25, 0.3) is 0 Å². The zero-order valence-electron chi connectivity index (χ0n) is 11.0. The van der Waals surface area contributed by atoms with Gasteiger partial charge in [0.2, 0.25) is 0 Å². The maximum atomic E-state index is 12.2. The monoisotopic (exact) mass is 262 g/mol. The molecule has 2 aromatic carbocycles. The van der Waals surface area contributed by atoms with E-state index in [0.29, 0.717) is 0 Å². The molecular formula is C17H14N2O. The molecule has 0 amide bonds. The SMILES string of the molecule is O=c1ncc2ccccc2n1-c1ccc2c(c1)CCC2. The number of benzene rings is 2. The molecule has 3 aromatic rings. The van der Waals surface area contributed by atoms with Crippen molar-refractivity contribution in [3.63, 3.8) is 0 Å². The van der Waals surface area contributed by atoms with Gasteiger partial charge in [-0.25, -0.2) is 9.78 Å². The standard InChI is InChI=1S/C17H14N2O/c20-17-18-11-14-4-1-2-7-16(14)19(17)15-9-8-12-5-3-6-13(12)10-15/h1-2,4,7-11H,3,5-6H2. The second-order valence-electron chi connectivity index (χ2n) is 5.24. The molecule has 1 heterocycles. The molecule has 0 N–H and O–H groups in total. The highest BCUT2D eigenvalue weighted by atomic mass is 16.1. The van der Waals surface area contributed by atoms with Crippen LogP contribution in [0.25, 0.3) is 16.6 Å². The highest BCUT2D eigenvalue weighted by Crippen LogP contribution is 2.25. The Morgan fingerprint density at radius 2 is 1.85 bits per heavy atom. The molecule has 0 saturated heterocycles. The molecule has 4 rings (SSSR count). The Balaban J connectivity index is 2.02. The van der Waals surface area contributed by atoms with E-state index in [2.05, 4.69) is 17.1 Å². The number of fused-ring (bicyclic) bond motifs is 2. The summed E-state index contributed by atoms with van der Waals surface area (Å²) in [7, 11) is 0. The smallest absolute Gasteiger partial charge is 0.261 e. The second kappa shape index (κ2) is 4.30. The van der Waals surface area contributed by atoms with Gasteiger partial charge in [0.1, 0.15) is 0 Å². The van der Waals surface area contributed by atoms with Gasteiger partial charge in [0.15, 0.2) is 0 Å². The van der Waals surface area contributed by atoms with Gasteiger partial charge in [-0.3, -0.25) is 4.57 Å². The highest BCUT2D eigenvalue weighted by molar-refractivity contribution is 5.79. The van der Waals surface area contributed by atoms with E-state index in [-0.39, 0.29) is 5.69 Å². The maximum absolute atomic E-state index is 12.2. The predicted octanol–water partition coefficient (Wildman–Crippen LogP) is 2.87. The molecule has 1 aromatic heterocycles. The van der Waals surface area contributed by atoms with E-state index in [9.17, 15) is 4.79 Å². The van der Waals surface area contributed by atoms with E-state index in [0.717, 1.165) is 29.4 Å². The Morgan fingerprint density at radius 3 is 2.80 bits per heavy atom. The minimum Gasteiger partial charge on any atom is -0.261 e. The zero-order chi connectivity index (χ0) is 13.5. The Kier molecular flexibility index (Phi) is 2.46. The lowest BCUT2D eigenvalue weighted by Crippen LogP contribution is -2.21. The lowest BCUT2D eigenvalue weighted by molar-refractivity contribution is 0.910. The minimum atomic E-state index is -0.221. The number of hydrogen-bond donors (Lipinski definition) is 0. The van der Waals surface area contributed by atoms with Gasteiger partial charge in [-0.15, -0.1) is 0 Å². The third kappa shape index (κ3) is 1.67. The lowest BCUT2D eigenvalue weighted by Gasteiger charge is -2.10. The van der Waals surface area contributed by atoms with E-state index in [4.69, 9.17) is 0 Å². The lowest BCUT2D eigenvalue weighted by atomic mass is 10.1. The quantitative estimate of drug-likeness (QED) is 0.676. The summed E-state index contributed by atoms with van der Waals surface area (Å²) in [6, 6.07) is 14.2. The van der Waals surface area contributed by atoms with Crippen LogP contribution < -0.4 is 5.69 Å². The molecule has 3 heteroatoms. The summed E-state index contributed by atoms with van der Waals surface area (Å²) in [4.78, 5) is 16.2. The van der Waals surface area contributed by atoms with E-state index < -0.39 is 0 Å². The van der Waals surface area contributed by atoms with Gasteiger partial charge in [-0.2, -0.15) is 0 Å². The Hall–Kier alpha value is -2.42. The third-order valence-corrected chi connectivity index (χ3v) is 4.02. The predicted molar refractivity (Wildman–Crippen MR) is 79.4 cm³/mol. The molecule has 3 nitrogen and oxygen atoms in total. The van der Waals surface area contributed by atoms with Crippen LogP contribution in [0.3, 0.4) is 0 Å². The van der Waals surface area contributed by atoms with Crippen molar-refractivity contribution in [1.29, 1.82) is 0 Å². The number of nitrogens with zero attached hydrogens (tertiary/aromatic N) is 2. The molecule has 0 spiro atoms. The summed E-state index contributed by atoms with van der Waals surface area (Å²) in [6.45, 7) is 0. The topological polar surface area (TPSA) is 34.9 Å². The van der Waals surface area contributed by atoms with Crippen molar-refractivity contribution in [2.24, 2.45) is 0 Å². The number of hydrogen-bond acceptors (Lipinski definition) is 2. The second-order valence-corrected chi connectivity index (χ2v) is 5.24. The first kappa shape index (κ1) is 11.4. The molecule has 0 atom stereocenters. The molecule has 0 aliphatic heterocycles. The van der Waals surface area contributed by atoms with Crippen molar-refractivity contribution in [3.05, 3.63) is 70.3 Å². The van der Waals surface area contributed by atoms with Crippen molar-refractivity contribution in [3.8, 4) is 5.69 Å². The van der Waals surface area contributed by atoms with E-state index in [1.165, 1.54) is 17.5 Å². The van der Waals surface area contributed by atoms with Gasteiger partial charge in [-0.05, 0) is 48.6 Å². The van der Waals surface area contributed by atoms with Crippen LogP contribution in [-0.2, 0) is 12.8 Å². The Labute approximate surface area is 116 Å². The number of aryl methyl sites for hydroxylation is 2. The van der Waals surface area contributed by atoms with Crippen LogP contribution in [-0.4, -0.2) is 9.55 Å². The van der Waals surface area contributed by atoms with Gasteiger partial charge in [0, 0.05) is 11.6 Å². The molecule has 20 heavy (non-hydrogen) atoms. The van der Waals surface area contributed by atoms with Crippen LogP contribution in [0.15, 0.2) is 53.5 Å². The zero-order valence-corrected chi connectivity index (χ0v) is 11.0. The molecule has 0 radical (unpaired) electrons. The van der Waals surface area contributed by atoms with Gasteiger partial charge in [0.05, 0.1) is 11.2 Å². The summed E-state index contributed by atoms with van der Waals surface area (Å²) in [5, 5.41) is 0.979. The number of aromatic nitrogens is 2. The Bertz CT molecular complexity index is 864. The molecule has 1 aliphatic rings. The number of rotatable bonds is 1. The molecule has 0 fully saturated rings. The first-order chi connectivity index (χ1) is 9.83. The van der Waals surface area contributed by atoms with Gasteiger partial charge in [-0.1, -0.05) is 24.3 Å². The molecule has 0 unspecified atom stereocenters. The fourth-order valence-electron chi connectivity index (χ4n) is 3.03. The molecule has 0 bridgehead atoms. The van der Waals surface area contributed by atoms with Gasteiger partial charge >= 0.3 is 5.69 Å². The highest BCUT2D eigenvalue weighted by Gasteiger charge is 2.13. The van der Waals surface area contributed by atoms with Crippen molar-refractivity contribution in [1.82, 2.24) is 9.55 Å². The van der Waals surface area contributed by atoms with Crippen molar-refractivity contribution in [2.75, 3.05) is 0 Å². The van der Waals surface area contributed by atoms with Crippen LogP contribution in [0, 0.1) is 0 Å². The van der Waals surface area contributed by atoms with Crippen molar-refractivity contribution >= 4 is 10.9 Å². The summed E-state index contributed by atoms with van der Waals surface area (Å²) in [5.41, 5.74) is 4.38. The van der Waals surface area contributed by atoms with Crippen molar-refractivity contribution < 1.29 is 0 Å². The summed E-state index contributed by atoms with van der Waals surface area (Å²) >= 11 is 0. The number of para-hydroxylation sites is 1. The van der Waals surface area contributed by atoms with Crippen LogP contribution >= 0.6 is 0 Å². The average Bonchev–Trinajstić information content (AvgIpc) is 2.94. The van der Waals surface area contributed by atoms with Gasteiger partial charge < -0.3 is 0 Å². The molecule has 0 saturated carbocycles. The first-order valence-corrected chi connectivity index (χ1v) is 6.92. The van der Waals surface area contributed by atoms with Crippen LogP contribution in [0.1, 0.15) is 17.5 Å². The fourth-order valence-corrected chi connectivity index (χ4v) is 3.03. The average molecular weight is 262 g/mol. The van der Waals surface area contributed by atoms with Crippen molar-refractivity contribution in [2.45, 2.75) is 19.3 Å². The van der Waals surface area contributed by atoms with Crippen LogP contribution in [0.5, 0.6) is 0 Å². The fraction of sp³-hybridized carbons (Fsp3) is 0.176. The molecule has 1 aliphatic carbocycles. The third-order valence-electron chi connectivity index (χ3n) is 4.02. The van der Waals surface area contributed by atoms with E-state index in [1.54, 1.807) is 10.8 Å². The molecular weight excluding hydrogens is 248 g/mol. The van der Waals surface area contributed by atoms with E-state index in [1.807, 2.05) is 30.3 Å². The Morgan fingerprint density at radius 1 is 1.00 bits per heavy atom. The van der Waals surface area contributed by atoms with E-state index >= 15 is 0 Å². The summed E-state index contributed by atoms with van der Waals surface area (Å²) in [5.74, 6) is 0. The summed E-state index contributed by atoms with van der Waals surface area (Å²) < 4.78 is 1.70. The summed E-state index contributed by atoms with van der Waals surface area (Å²) in [6.07, 6.45) is 5.11. The first-order valence-electron chi connectivity index (χ1n) is 6.92. The largest absolute Gasteiger partial charge is 0.352 e. The van der Waals surface area contributed by atoms with Crippen LogP contribution in [0.4, 0.5) is 0 Å². The minimum absolute atomic E-state index is 0.221. The maximum Gasteiger partial charge on any atom is 0.352 e. The normalized spacial score (nSPS) is 13.6.